The van der Waals surface area contributed by atoms with Gasteiger partial charge < -0.3 is 9.80 Å². The molecular formula is C12H21N5OS. The largest absolute Gasteiger partial charge is 0.323 e. The van der Waals surface area contributed by atoms with Crippen molar-refractivity contribution in [3.8, 4) is 0 Å². The molecule has 6 nitrogen and oxygen atoms in total. The van der Waals surface area contributed by atoms with Gasteiger partial charge in [-0.2, -0.15) is 16.9 Å². The van der Waals surface area contributed by atoms with E-state index in [1.807, 2.05) is 47.7 Å². The van der Waals surface area contributed by atoms with Crippen LogP contribution in [0.3, 0.4) is 0 Å². The number of nitrogens with one attached hydrogen (secondary N) is 1. The van der Waals surface area contributed by atoms with Crippen molar-refractivity contribution in [2.45, 2.75) is 6.54 Å². The van der Waals surface area contributed by atoms with Gasteiger partial charge in [0, 0.05) is 43.4 Å². The van der Waals surface area contributed by atoms with Crippen LogP contribution in [-0.2, 0) is 6.54 Å². The van der Waals surface area contributed by atoms with Gasteiger partial charge in [-0.3, -0.25) is 10.00 Å². The minimum absolute atomic E-state index is 0.0434. The number of carbonyl (C=O) groups is 1. The number of likely N-dealkylation sites (N-methyl/N-ethyl adjacent to an activating group) is 1. The highest BCUT2D eigenvalue weighted by Crippen LogP contribution is 2.11. The van der Waals surface area contributed by atoms with E-state index in [-0.39, 0.29) is 6.03 Å². The van der Waals surface area contributed by atoms with Crippen LogP contribution in [0.25, 0.3) is 0 Å². The maximum absolute atomic E-state index is 12.0. The third-order valence-corrected chi connectivity index (χ3v) is 3.89. The Kier molecular flexibility index (Phi) is 5.09. The molecule has 1 aliphatic heterocycles. The van der Waals surface area contributed by atoms with Gasteiger partial charge >= 0.3 is 6.03 Å². The number of aromatic nitrogens is 2. The molecule has 0 radical (unpaired) electrons. The van der Waals surface area contributed by atoms with E-state index in [0.29, 0.717) is 5.82 Å². The van der Waals surface area contributed by atoms with Gasteiger partial charge in [-0.05, 0) is 14.1 Å². The predicted octanol–water partition coefficient (Wildman–Crippen LogP) is 1.03. The lowest BCUT2D eigenvalue weighted by Gasteiger charge is -2.26. The van der Waals surface area contributed by atoms with Gasteiger partial charge in [0.05, 0.1) is 6.54 Å². The molecule has 2 rings (SSSR count). The molecule has 0 saturated carbocycles. The van der Waals surface area contributed by atoms with Crippen LogP contribution in [0.15, 0.2) is 12.3 Å². The minimum atomic E-state index is -0.0434. The molecule has 0 atom stereocenters. The summed E-state index contributed by atoms with van der Waals surface area (Å²) in [6.07, 6.45) is 1.89. The smallest absolute Gasteiger partial charge is 0.323 e. The van der Waals surface area contributed by atoms with Gasteiger partial charge in [0.1, 0.15) is 0 Å². The molecule has 0 bridgehead atoms. The van der Waals surface area contributed by atoms with Gasteiger partial charge in [0.15, 0.2) is 5.82 Å². The van der Waals surface area contributed by atoms with Crippen LogP contribution in [-0.4, -0.2) is 70.8 Å². The lowest BCUT2D eigenvalue weighted by atomic mass is 10.5. The van der Waals surface area contributed by atoms with Crippen molar-refractivity contribution in [2.24, 2.45) is 0 Å². The quantitative estimate of drug-likeness (QED) is 0.896. The summed E-state index contributed by atoms with van der Waals surface area (Å²) < 4.78 is 1.85. The highest BCUT2D eigenvalue weighted by atomic mass is 32.2. The summed E-state index contributed by atoms with van der Waals surface area (Å²) in [5.41, 5.74) is 0. The van der Waals surface area contributed by atoms with Crippen molar-refractivity contribution in [2.75, 3.05) is 50.6 Å². The van der Waals surface area contributed by atoms with Gasteiger partial charge in [-0.1, -0.05) is 0 Å². The lowest BCUT2D eigenvalue weighted by Crippen LogP contribution is -2.40. The molecule has 106 valence electrons. The van der Waals surface area contributed by atoms with E-state index in [9.17, 15) is 4.79 Å². The second-order valence-electron chi connectivity index (χ2n) is 4.80. The van der Waals surface area contributed by atoms with E-state index >= 15 is 0 Å². The molecular weight excluding hydrogens is 262 g/mol. The number of nitrogens with zero attached hydrogens (tertiary/aromatic N) is 4. The first-order chi connectivity index (χ1) is 9.15. The second-order valence-corrected chi connectivity index (χ2v) is 6.02. The average molecular weight is 283 g/mol. The van der Waals surface area contributed by atoms with E-state index in [4.69, 9.17) is 0 Å². The van der Waals surface area contributed by atoms with E-state index in [0.717, 1.165) is 37.7 Å². The number of anilines is 1. The Balaban J connectivity index is 1.83. The normalized spacial score (nSPS) is 15.8. The fourth-order valence-corrected chi connectivity index (χ4v) is 2.71. The highest BCUT2D eigenvalue weighted by Gasteiger charge is 2.17. The second kappa shape index (κ2) is 6.81. The van der Waals surface area contributed by atoms with Crippen molar-refractivity contribution in [1.29, 1.82) is 0 Å². The highest BCUT2D eigenvalue weighted by molar-refractivity contribution is 7.99. The molecule has 1 aliphatic rings. The van der Waals surface area contributed by atoms with Gasteiger partial charge in [-0.15, -0.1) is 0 Å². The summed E-state index contributed by atoms with van der Waals surface area (Å²) in [5, 5.41) is 7.20. The summed E-state index contributed by atoms with van der Waals surface area (Å²) in [6, 6.07) is 1.80. The molecule has 1 N–H and O–H groups in total. The summed E-state index contributed by atoms with van der Waals surface area (Å²) >= 11 is 1.89. The van der Waals surface area contributed by atoms with Crippen molar-refractivity contribution in [3.63, 3.8) is 0 Å². The SMILES string of the molecule is CN(C)CCn1ccc(NC(=O)N2CCSCC2)n1. The predicted molar refractivity (Wildman–Crippen MR) is 78.7 cm³/mol. The molecule has 1 saturated heterocycles. The van der Waals surface area contributed by atoms with Gasteiger partial charge in [-0.25, -0.2) is 4.79 Å². The van der Waals surface area contributed by atoms with Crippen LogP contribution in [0, 0.1) is 0 Å². The third kappa shape index (κ3) is 4.43. The molecule has 2 amide bonds. The molecule has 0 aliphatic carbocycles. The molecule has 2 heterocycles. The molecule has 1 aromatic heterocycles. The van der Waals surface area contributed by atoms with Crippen LogP contribution >= 0.6 is 11.8 Å². The Morgan fingerprint density at radius 2 is 2.21 bits per heavy atom. The van der Waals surface area contributed by atoms with E-state index in [1.165, 1.54) is 0 Å². The Labute approximate surface area is 118 Å². The van der Waals surface area contributed by atoms with Crippen molar-refractivity contribution in [3.05, 3.63) is 12.3 Å². The van der Waals surface area contributed by atoms with Crippen molar-refractivity contribution in [1.82, 2.24) is 19.6 Å². The van der Waals surface area contributed by atoms with E-state index < -0.39 is 0 Å². The molecule has 19 heavy (non-hydrogen) atoms. The maximum atomic E-state index is 12.0. The summed E-state index contributed by atoms with van der Waals surface area (Å²) in [6.45, 7) is 3.39. The first-order valence-electron chi connectivity index (χ1n) is 6.47. The van der Waals surface area contributed by atoms with Crippen molar-refractivity contribution < 1.29 is 4.79 Å². The fourth-order valence-electron chi connectivity index (χ4n) is 1.81. The minimum Gasteiger partial charge on any atom is -0.323 e. The summed E-state index contributed by atoms with van der Waals surface area (Å²) in [4.78, 5) is 15.9. The number of hydrogen-bond donors (Lipinski definition) is 1. The number of thioether (sulfide) groups is 1. The number of carbonyl (C=O) groups excluding carboxylic acids is 1. The topological polar surface area (TPSA) is 53.4 Å². The number of urea groups is 1. The Morgan fingerprint density at radius 1 is 1.47 bits per heavy atom. The first-order valence-corrected chi connectivity index (χ1v) is 7.62. The molecule has 1 fully saturated rings. The molecule has 0 spiro atoms. The molecule has 7 heteroatoms. The van der Waals surface area contributed by atoms with Gasteiger partial charge in [0.2, 0.25) is 0 Å². The third-order valence-electron chi connectivity index (χ3n) is 2.95. The van der Waals surface area contributed by atoms with Crippen LogP contribution in [0.4, 0.5) is 10.6 Å². The van der Waals surface area contributed by atoms with Crippen LogP contribution in [0.1, 0.15) is 0 Å². The lowest BCUT2D eigenvalue weighted by molar-refractivity contribution is 0.217. The van der Waals surface area contributed by atoms with Crippen LogP contribution in [0.2, 0.25) is 0 Å². The van der Waals surface area contributed by atoms with Crippen molar-refractivity contribution >= 4 is 23.6 Å². The Hall–Kier alpha value is -1.21. The molecule has 0 aromatic carbocycles. The maximum Gasteiger partial charge on any atom is 0.323 e. The van der Waals surface area contributed by atoms with Crippen LogP contribution < -0.4 is 5.32 Å². The van der Waals surface area contributed by atoms with Crippen LogP contribution in [0.5, 0.6) is 0 Å². The Bertz CT molecular complexity index is 414. The zero-order chi connectivity index (χ0) is 13.7. The zero-order valence-electron chi connectivity index (χ0n) is 11.5. The standard InChI is InChI=1S/C12H21N5OS/c1-15(2)5-6-17-4-3-11(14-17)13-12(18)16-7-9-19-10-8-16/h3-4H,5-10H2,1-2H3,(H,13,14,18). The number of hydrogen-bond acceptors (Lipinski definition) is 4. The van der Waals surface area contributed by atoms with E-state index in [1.54, 1.807) is 0 Å². The zero-order valence-corrected chi connectivity index (χ0v) is 12.3. The summed E-state index contributed by atoms with van der Waals surface area (Å²) in [7, 11) is 4.06. The molecule has 0 unspecified atom stereocenters. The van der Waals surface area contributed by atoms with E-state index in [2.05, 4.69) is 15.3 Å². The summed E-state index contributed by atoms with van der Waals surface area (Å²) in [5.74, 6) is 2.66. The van der Waals surface area contributed by atoms with Gasteiger partial charge in [0.25, 0.3) is 0 Å². The number of rotatable bonds is 4. The fraction of sp³-hybridized carbons (Fsp3) is 0.667. The monoisotopic (exact) mass is 283 g/mol. The molecule has 1 aromatic rings. The number of amides is 2. The average Bonchev–Trinajstić information content (AvgIpc) is 2.85. The Morgan fingerprint density at radius 3 is 2.89 bits per heavy atom. The first kappa shape index (κ1) is 14.2.